The van der Waals surface area contributed by atoms with E-state index in [-0.39, 0.29) is 6.61 Å². The number of likely N-dealkylation sites (tertiary alicyclic amines) is 1. The van der Waals surface area contributed by atoms with Crippen LogP contribution in [0.15, 0.2) is 0 Å². The Morgan fingerprint density at radius 2 is 2.14 bits per heavy atom. The van der Waals surface area contributed by atoms with Gasteiger partial charge in [0.2, 0.25) is 0 Å². The van der Waals surface area contributed by atoms with E-state index in [2.05, 4.69) is 4.90 Å². The maximum absolute atomic E-state index is 9.13. The summed E-state index contributed by atoms with van der Waals surface area (Å²) >= 11 is 0. The summed E-state index contributed by atoms with van der Waals surface area (Å²) in [6.45, 7) is 3.75. The molecule has 1 saturated carbocycles. The molecule has 3 heteroatoms. The highest BCUT2D eigenvalue weighted by Gasteiger charge is 2.43. The molecule has 1 heterocycles. The normalized spacial score (nSPS) is 38.6. The number of hydrogen-bond acceptors (Lipinski definition) is 3. The lowest BCUT2D eigenvalue weighted by molar-refractivity contribution is 0.188. The van der Waals surface area contributed by atoms with Crippen molar-refractivity contribution in [1.29, 1.82) is 0 Å². The van der Waals surface area contributed by atoms with Gasteiger partial charge in [-0.3, -0.25) is 0 Å². The van der Waals surface area contributed by atoms with E-state index in [1.165, 1.54) is 25.7 Å². The summed E-state index contributed by atoms with van der Waals surface area (Å²) in [4.78, 5) is 2.36. The summed E-state index contributed by atoms with van der Waals surface area (Å²) < 4.78 is 0. The molecular weight excluding hydrogens is 178 g/mol. The highest BCUT2D eigenvalue weighted by Crippen LogP contribution is 2.47. The SMILES string of the molecule is OCCN1CC[C@]2(CC[C@@H](CO)C2)C1. The zero-order valence-electron chi connectivity index (χ0n) is 8.78. The second-order valence-electron chi connectivity index (χ2n) is 5.04. The number of β-amino-alcohol motifs (C(OH)–C–C–N with tert-alkyl or cyclic N) is 1. The zero-order valence-corrected chi connectivity index (χ0v) is 8.78. The molecule has 0 amide bonds. The van der Waals surface area contributed by atoms with Crippen LogP contribution in [0.2, 0.25) is 0 Å². The molecule has 2 rings (SSSR count). The first-order valence-electron chi connectivity index (χ1n) is 5.72. The van der Waals surface area contributed by atoms with Crippen LogP contribution in [0.3, 0.4) is 0 Å². The lowest BCUT2D eigenvalue weighted by atomic mass is 9.84. The number of hydrogen-bond donors (Lipinski definition) is 2. The predicted octanol–water partition coefficient (Wildman–Crippen LogP) is 0.463. The average Bonchev–Trinajstić information content (AvgIpc) is 2.76. The van der Waals surface area contributed by atoms with Gasteiger partial charge >= 0.3 is 0 Å². The van der Waals surface area contributed by atoms with Crippen LogP contribution >= 0.6 is 0 Å². The molecule has 2 N–H and O–H groups in total. The molecule has 82 valence electrons. The fraction of sp³-hybridized carbons (Fsp3) is 1.00. The van der Waals surface area contributed by atoms with Crippen LogP contribution in [-0.4, -0.2) is 48.0 Å². The molecule has 0 aromatic heterocycles. The lowest BCUT2D eigenvalue weighted by Gasteiger charge is -2.23. The monoisotopic (exact) mass is 199 g/mol. The molecular formula is C11H21NO2. The minimum atomic E-state index is 0.277. The first-order chi connectivity index (χ1) is 6.78. The lowest BCUT2D eigenvalue weighted by Crippen LogP contribution is -2.28. The van der Waals surface area contributed by atoms with Crippen LogP contribution in [0.25, 0.3) is 0 Å². The third kappa shape index (κ3) is 1.95. The molecule has 3 nitrogen and oxygen atoms in total. The first kappa shape index (κ1) is 10.4. The van der Waals surface area contributed by atoms with Crippen LogP contribution in [0.4, 0.5) is 0 Å². The molecule has 1 saturated heterocycles. The molecule has 14 heavy (non-hydrogen) atoms. The Labute approximate surface area is 85.7 Å². The molecule has 0 radical (unpaired) electrons. The van der Waals surface area contributed by atoms with Crippen molar-refractivity contribution in [2.75, 3.05) is 32.8 Å². The van der Waals surface area contributed by atoms with Gasteiger partial charge in [0.1, 0.15) is 0 Å². The van der Waals surface area contributed by atoms with E-state index in [0.29, 0.717) is 17.9 Å². The van der Waals surface area contributed by atoms with Crippen molar-refractivity contribution in [3.63, 3.8) is 0 Å². The fourth-order valence-electron chi connectivity index (χ4n) is 3.21. The van der Waals surface area contributed by atoms with E-state index in [4.69, 9.17) is 10.2 Å². The fourth-order valence-corrected chi connectivity index (χ4v) is 3.21. The van der Waals surface area contributed by atoms with Crippen molar-refractivity contribution >= 4 is 0 Å². The molecule has 1 aliphatic heterocycles. The van der Waals surface area contributed by atoms with Crippen molar-refractivity contribution in [3.05, 3.63) is 0 Å². The van der Waals surface area contributed by atoms with E-state index < -0.39 is 0 Å². The van der Waals surface area contributed by atoms with Crippen LogP contribution in [0.5, 0.6) is 0 Å². The van der Waals surface area contributed by atoms with E-state index in [1.54, 1.807) is 0 Å². The van der Waals surface area contributed by atoms with Crippen molar-refractivity contribution in [2.45, 2.75) is 25.7 Å². The predicted molar refractivity (Wildman–Crippen MR) is 55.0 cm³/mol. The third-order valence-corrected chi connectivity index (χ3v) is 4.00. The van der Waals surface area contributed by atoms with Crippen molar-refractivity contribution in [2.24, 2.45) is 11.3 Å². The van der Waals surface area contributed by atoms with Crippen LogP contribution in [0.1, 0.15) is 25.7 Å². The number of nitrogens with zero attached hydrogens (tertiary/aromatic N) is 1. The van der Waals surface area contributed by atoms with Crippen LogP contribution in [0, 0.1) is 11.3 Å². The second kappa shape index (κ2) is 4.17. The van der Waals surface area contributed by atoms with Gasteiger partial charge in [-0.1, -0.05) is 0 Å². The number of rotatable bonds is 3. The van der Waals surface area contributed by atoms with Gasteiger partial charge in [0.25, 0.3) is 0 Å². The summed E-state index contributed by atoms with van der Waals surface area (Å²) in [5.41, 5.74) is 0.489. The van der Waals surface area contributed by atoms with Crippen LogP contribution in [-0.2, 0) is 0 Å². The van der Waals surface area contributed by atoms with Gasteiger partial charge in [-0.15, -0.1) is 0 Å². The summed E-state index contributed by atoms with van der Waals surface area (Å²) in [7, 11) is 0. The minimum Gasteiger partial charge on any atom is -0.396 e. The highest BCUT2D eigenvalue weighted by molar-refractivity contribution is 4.95. The summed E-state index contributed by atoms with van der Waals surface area (Å²) in [6, 6.07) is 0. The highest BCUT2D eigenvalue weighted by atomic mass is 16.3. The van der Waals surface area contributed by atoms with E-state index in [0.717, 1.165) is 19.6 Å². The Morgan fingerprint density at radius 3 is 2.79 bits per heavy atom. The topological polar surface area (TPSA) is 43.7 Å². The van der Waals surface area contributed by atoms with Gasteiger partial charge in [-0.25, -0.2) is 0 Å². The Balaban J connectivity index is 1.87. The van der Waals surface area contributed by atoms with Crippen LogP contribution < -0.4 is 0 Å². The van der Waals surface area contributed by atoms with Gasteiger partial charge in [-0.2, -0.15) is 0 Å². The number of aliphatic hydroxyl groups excluding tert-OH is 2. The zero-order chi connectivity index (χ0) is 10.0. The Kier molecular flexibility index (Phi) is 3.10. The summed E-state index contributed by atoms with van der Waals surface area (Å²) in [5, 5.41) is 18.0. The van der Waals surface area contributed by atoms with Gasteiger partial charge in [0.15, 0.2) is 0 Å². The molecule has 0 aromatic carbocycles. The minimum absolute atomic E-state index is 0.277. The molecule has 2 fully saturated rings. The van der Waals surface area contributed by atoms with Crippen molar-refractivity contribution < 1.29 is 10.2 Å². The standard InChI is InChI=1S/C11H21NO2/c13-6-5-12-4-3-11(9-12)2-1-10(7-11)8-14/h10,13-14H,1-9H2/t10-,11+/m1/s1. The Bertz CT molecular complexity index is 198. The first-order valence-corrected chi connectivity index (χ1v) is 5.72. The molecule has 2 atom stereocenters. The van der Waals surface area contributed by atoms with Crippen molar-refractivity contribution in [3.8, 4) is 0 Å². The van der Waals surface area contributed by atoms with Gasteiger partial charge in [0, 0.05) is 19.7 Å². The maximum Gasteiger partial charge on any atom is 0.0558 e. The molecule has 1 spiro atoms. The molecule has 1 aliphatic carbocycles. The summed E-state index contributed by atoms with van der Waals surface area (Å²) in [6.07, 6.45) is 4.94. The quantitative estimate of drug-likeness (QED) is 0.694. The smallest absolute Gasteiger partial charge is 0.0558 e. The third-order valence-electron chi connectivity index (χ3n) is 4.00. The molecule has 2 aliphatic rings. The number of aliphatic hydroxyl groups is 2. The Morgan fingerprint density at radius 1 is 1.29 bits per heavy atom. The second-order valence-corrected chi connectivity index (χ2v) is 5.04. The van der Waals surface area contributed by atoms with Gasteiger partial charge in [0.05, 0.1) is 6.61 Å². The Hall–Kier alpha value is -0.120. The van der Waals surface area contributed by atoms with E-state index in [9.17, 15) is 0 Å². The van der Waals surface area contributed by atoms with E-state index in [1.807, 2.05) is 0 Å². The largest absolute Gasteiger partial charge is 0.396 e. The van der Waals surface area contributed by atoms with Crippen molar-refractivity contribution in [1.82, 2.24) is 4.90 Å². The molecule has 0 bridgehead atoms. The summed E-state index contributed by atoms with van der Waals surface area (Å²) in [5.74, 6) is 0.545. The average molecular weight is 199 g/mol. The van der Waals surface area contributed by atoms with Gasteiger partial charge in [-0.05, 0) is 43.6 Å². The van der Waals surface area contributed by atoms with E-state index >= 15 is 0 Å². The molecule has 0 unspecified atom stereocenters. The molecule has 0 aromatic rings. The maximum atomic E-state index is 9.13. The van der Waals surface area contributed by atoms with Gasteiger partial charge < -0.3 is 15.1 Å².